The number of anilines is 3. The first kappa shape index (κ1) is 20.9. The molecule has 0 aliphatic carbocycles. The first-order chi connectivity index (χ1) is 16.6. The average Bonchev–Trinajstić information content (AvgIpc) is 3.33. The molecule has 2 aromatic carbocycles. The van der Waals surface area contributed by atoms with Gasteiger partial charge in [-0.2, -0.15) is 0 Å². The Morgan fingerprint density at radius 2 is 1.91 bits per heavy atom. The van der Waals surface area contributed by atoms with Crippen molar-refractivity contribution in [3.05, 3.63) is 73.6 Å². The molecule has 0 radical (unpaired) electrons. The number of imidazole rings is 1. The molecular formula is C25H19N7O2. The monoisotopic (exact) mass is 449 g/mol. The van der Waals surface area contributed by atoms with Gasteiger partial charge in [-0.15, -0.1) is 0 Å². The van der Waals surface area contributed by atoms with Gasteiger partial charge in [0.1, 0.15) is 29.9 Å². The molecule has 34 heavy (non-hydrogen) atoms. The molecule has 0 bridgehead atoms. The second-order valence-corrected chi connectivity index (χ2v) is 7.33. The Bertz CT molecular complexity index is 1570. The van der Waals surface area contributed by atoms with E-state index in [0.717, 1.165) is 22.2 Å². The standard InChI is InChI=1S/C25H19N7O2/c1-3-4-24(33)31(2)18-7-10-21-20(13-18)25(28-15-27-21)30-17-5-8-19(9-6-17)34-23-14-22-26-11-12-32(22)16-29-23/h5-16H,1-2H3,(H,27,28,30). The summed E-state index contributed by atoms with van der Waals surface area (Å²) in [4.78, 5) is 30.9. The SMILES string of the molecule is CC#CC(=O)N(C)c1ccc2ncnc(Nc3ccc(Oc4cc5nccn5cn4)cc3)c2c1. The van der Waals surface area contributed by atoms with Crippen LogP contribution in [0.2, 0.25) is 0 Å². The maximum absolute atomic E-state index is 12.2. The minimum absolute atomic E-state index is 0.287. The highest BCUT2D eigenvalue weighted by Crippen LogP contribution is 2.28. The van der Waals surface area contributed by atoms with Crippen LogP contribution in [0.1, 0.15) is 6.92 Å². The van der Waals surface area contributed by atoms with Crippen molar-refractivity contribution in [2.24, 2.45) is 0 Å². The van der Waals surface area contributed by atoms with Gasteiger partial charge in [0.25, 0.3) is 0 Å². The fraction of sp³-hybridized carbons (Fsp3) is 0.0800. The van der Waals surface area contributed by atoms with Crippen LogP contribution in [0.4, 0.5) is 17.2 Å². The first-order valence-electron chi connectivity index (χ1n) is 10.4. The summed E-state index contributed by atoms with van der Waals surface area (Å²) >= 11 is 0. The summed E-state index contributed by atoms with van der Waals surface area (Å²) in [5, 5.41) is 4.09. The Morgan fingerprint density at radius 1 is 1.06 bits per heavy atom. The third kappa shape index (κ3) is 4.20. The molecule has 9 nitrogen and oxygen atoms in total. The second-order valence-electron chi connectivity index (χ2n) is 7.33. The number of nitrogens with zero attached hydrogens (tertiary/aromatic N) is 6. The van der Waals surface area contributed by atoms with Crippen LogP contribution in [-0.4, -0.2) is 37.3 Å². The topological polar surface area (TPSA) is 97.5 Å². The maximum Gasteiger partial charge on any atom is 0.302 e. The summed E-state index contributed by atoms with van der Waals surface area (Å²) in [7, 11) is 1.68. The summed E-state index contributed by atoms with van der Waals surface area (Å²) in [5.74, 6) is 6.61. The Kier molecular flexibility index (Phi) is 5.46. The van der Waals surface area contributed by atoms with Crippen molar-refractivity contribution in [2.45, 2.75) is 6.92 Å². The van der Waals surface area contributed by atoms with E-state index in [1.807, 2.05) is 53.1 Å². The quantitative estimate of drug-likeness (QED) is 0.402. The summed E-state index contributed by atoms with van der Waals surface area (Å²) in [6.07, 6.45) is 6.68. The molecule has 0 saturated carbocycles. The number of ether oxygens (including phenoxy) is 1. The zero-order chi connectivity index (χ0) is 23.5. The Labute approximate surface area is 195 Å². The van der Waals surface area contributed by atoms with E-state index in [1.165, 1.54) is 11.2 Å². The van der Waals surface area contributed by atoms with E-state index in [-0.39, 0.29) is 5.91 Å². The Morgan fingerprint density at radius 3 is 2.74 bits per heavy atom. The molecule has 5 aromatic rings. The highest BCUT2D eigenvalue weighted by molar-refractivity contribution is 6.06. The van der Waals surface area contributed by atoms with Gasteiger partial charge in [0.05, 0.1) is 5.52 Å². The zero-order valence-corrected chi connectivity index (χ0v) is 18.4. The molecule has 0 aliphatic heterocycles. The lowest BCUT2D eigenvalue weighted by Crippen LogP contribution is -2.24. The molecule has 0 atom stereocenters. The van der Waals surface area contributed by atoms with Gasteiger partial charge in [0, 0.05) is 42.3 Å². The van der Waals surface area contributed by atoms with E-state index in [2.05, 4.69) is 37.1 Å². The third-order valence-corrected chi connectivity index (χ3v) is 5.14. The fourth-order valence-electron chi connectivity index (χ4n) is 3.38. The molecule has 3 heterocycles. The summed E-state index contributed by atoms with van der Waals surface area (Å²) < 4.78 is 7.66. The molecule has 3 aromatic heterocycles. The minimum Gasteiger partial charge on any atom is -0.439 e. The van der Waals surface area contributed by atoms with Gasteiger partial charge < -0.3 is 15.0 Å². The first-order valence-corrected chi connectivity index (χ1v) is 10.4. The summed E-state index contributed by atoms with van der Waals surface area (Å²) in [5.41, 5.74) is 3.02. The molecule has 166 valence electrons. The molecule has 0 fully saturated rings. The molecule has 1 N–H and O–H groups in total. The molecule has 1 amide bonds. The van der Waals surface area contributed by atoms with Gasteiger partial charge >= 0.3 is 5.91 Å². The predicted molar refractivity (Wildman–Crippen MR) is 129 cm³/mol. The van der Waals surface area contributed by atoms with Crippen molar-refractivity contribution in [3.63, 3.8) is 0 Å². The summed E-state index contributed by atoms with van der Waals surface area (Å²) in [6.45, 7) is 1.63. The van der Waals surface area contributed by atoms with E-state index >= 15 is 0 Å². The van der Waals surface area contributed by atoms with Crippen molar-refractivity contribution >= 4 is 39.6 Å². The van der Waals surface area contributed by atoms with Crippen LogP contribution in [0.25, 0.3) is 16.6 Å². The molecule has 9 heteroatoms. The van der Waals surface area contributed by atoms with Crippen molar-refractivity contribution < 1.29 is 9.53 Å². The molecule has 5 rings (SSSR count). The molecule has 0 saturated heterocycles. The van der Waals surface area contributed by atoms with Gasteiger partial charge in [-0.1, -0.05) is 5.92 Å². The number of benzene rings is 2. The van der Waals surface area contributed by atoms with Crippen molar-refractivity contribution in [3.8, 4) is 23.5 Å². The average molecular weight is 449 g/mol. The number of carbonyl (C=O) groups is 1. The molecule has 0 unspecified atom stereocenters. The van der Waals surface area contributed by atoms with E-state index in [0.29, 0.717) is 23.1 Å². The van der Waals surface area contributed by atoms with Crippen LogP contribution in [0.3, 0.4) is 0 Å². The number of amides is 1. The Balaban J connectivity index is 1.37. The maximum atomic E-state index is 12.2. The largest absolute Gasteiger partial charge is 0.439 e. The fourth-order valence-corrected chi connectivity index (χ4v) is 3.38. The molecular weight excluding hydrogens is 430 g/mol. The van der Waals surface area contributed by atoms with Gasteiger partial charge in [-0.3, -0.25) is 9.20 Å². The Hall–Kier alpha value is -4.97. The van der Waals surface area contributed by atoms with Gasteiger partial charge in [-0.25, -0.2) is 19.9 Å². The zero-order valence-electron chi connectivity index (χ0n) is 18.4. The number of hydrogen-bond acceptors (Lipinski definition) is 7. The van der Waals surface area contributed by atoms with Crippen molar-refractivity contribution in [1.82, 2.24) is 24.3 Å². The summed E-state index contributed by atoms with van der Waals surface area (Å²) in [6, 6.07) is 14.7. The third-order valence-electron chi connectivity index (χ3n) is 5.14. The van der Waals surface area contributed by atoms with Gasteiger partial charge in [0.2, 0.25) is 5.88 Å². The van der Waals surface area contributed by atoms with Crippen LogP contribution in [0, 0.1) is 11.8 Å². The van der Waals surface area contributed by atoms with Gasteiger partial charge in [0.15, 0.2) is 0 Å². The normalized spacial score (nSPS) is 10.5. The van der Waals surface area contributed by atoms with Crippen LogP contribution >= 0.6 is 0 Å². The van der Waals surface area contributed by atoms with E-state index in [1.54, 1.807) is 32.6 Å². The lowest BCUT2D eigenvalue weighted by Gasteiger charge is -2.16. The minimum atomic E-state index is -0.287. The molecule has 0 aliphatic rings. The van der Waals surface area contributed by atoms with E-state index < -0.39 is 0 Å². The van der Waals surface area contributed by atoms with Crippen LogP contribution < -0.4 is 15.0 Å². The number of nitrogens with one attached hydrogen (secondary N) is 1. The van der Waals surface area contributed by atoms with Crippen molar-refractivity contribution in [2.75, 3.05) is 17.3 Å². The van der Waals surface area contributed by atoms with Crippen molar-refractivity contribution in [1.29, 1.82) is 0 Å². The van der Waals surface area contributed by atoms with Crippen LogP contribution in [0.5, 0.6) is 11.6 Å². The highest BCUT2D eigenvalue weighted by Gasteiger charge is 2.12. The number of aromatic nitrogens is 5. The number of carbonyl (C=O) groups excluding carboxylic acids is 1. The van der Waals surface area contributed by atoms with Crippen LogP contribution in [-0.2, 0) is 4.79 Å². The van der Waals surface area contributed by atoms with Crippen LogP contribution in [0.15, 0.2) is 73.6 Å². The van der Waals surface area contributed by atoms with Gasteiger partial charge in [-0.05, 0) is 55.3 Å². The number of fused-ring (bicyclic) bond motifs is 2. The number of rotatable bonds is 5. The highest BCUT2D eigenvalue weighted by atomic mass is 16.5. The number of hydrogen-bond donors (Lipinski definition) is 1. The lowest BCUT2D eigenvalue weighted by atomic mass is 10.2. The smallest absolute Gasteiger partial charge is 0.302 e. The second kappa shape index (κ2) is 8.88. The van der Waals surface area contributed by atoms with E-state index in [4.69, 9.17) is 4.74 Å². The predicted octanol–water partition coefficient (Wildman–Crippen LogP) is 4.19. The molecule has 0 spiro atoms. The lowest BCUT2D eigenvalue weighted by molar-refractivity contribution is -0.113. The van der Waals surface area contributed by atoms with E-state index in [9.17, 15) is 4.79 Å².